The second kappa shape index (κ2) is 18.0. The van der Waals surface area contributed by atoms with Gasteiger partial charge in [0.2, 0.25) is 0 Å². The van der Waals surface area contributed by atoms with Crippen molar-refractivity contribution in [2.75, 3.05) is 18.5 Å². The predicted molar refractivity (Wildman–Crippen MR) is 129 cm³/mol. The van der Waals surface area contributed by atoms with Crippen molar-refractivity contribution < 1.29 is 20.1 Å². The van der Waals surface area contributed by atoms with Gasteiger partial charge in [-0.3, -0.25) is 0 Å². The number of rotatable bonds is 20. The first-order valence-corrected chi connectivity index (χ1v) is 12.5. The Labute approximate surface area is 189 Å². The predicted octanol–water partition coefficient (Wildman–Crippen LogP) is 6.17. The number of hydrogen-bond acceptors (Lipinski definition) is 4. The second-order valence-corrected chi connectivity index (χ2v) is 8.74. The maximum atomic E-state index is 11.3. The molecule has 0 aromatic heterocycles. The number of nitrogens with one attached hydrogen (secondary N) is 1. The molecule has 31 heavy (non-hydrogen) atoms. The third-order valence-corrected chi connectivity index (χ3v) is 5.86. The number of carboxylic acid groups (broad SMARTS) is 1. The molecule has 0 aliphatic carbocycles. The van der Waals surface area contributed by atoms with Crippen LogP contribution < -0.4 is 5.32 Å². The fourth-order valence-corrected chi connectivity index (χ4v) is 3.95. The Balaban J connectivity index is 2.08. The number of anilines is 1. The van der Waals surface area contributed by atoms with Crippen LogP contribution in [0.2, 0.25) is 0 Å². The van der Waals surface area contributed by atoms with Gasteiger partial charge < -0.3 is 20.6 Å². The number of aliphatic hydroxyl groups is 2. The second-order valence-electron chi connectivity index (χ2n) is 8.74. The Morgan fingerprint density at radius 2 is 1.39 bits per heavy atom. The summed E-state index contributed by atoms with van der Waals surface area (Å²) in [6.45, 7) is 2.74. The minimum atomic E-state index is -1.02. The van der Waals surface area contributed by atoms with E-state index < -0.39 is 12.1 Å². The van der Waals surface area contributed by atoms with E-state index in [1.54, 1.807) is 18.2 Å². The highest BCUT2D eigenvalue weighted by molar-refractivity contribution is 5.90. The van der Waals surface area contributed by atoms with Gasteiger partial charge in [-0.05, 0) is 30.2 Å². The molecule has 5 nitrogen and oxygen atoms in total. The summed E-state index contributed by atoms with van der Waals surface area (Å²) in [6.07, 6.45) is 17.9. The van der Waals surface area contributed by atoms with Crippen LogP contribution in [0.15, 0.2) is 18.2 Å². The van der Waals surface area contributed by atoms with Crippen LogP contribution in [0.25, 0.3) is 0 Å². The van der Waals surface area contributed by atoms with Gasteiger partial charge >= 0.3 is 5.97 Å². The molecule has 0 amide bonds. The molecule has 0 saturated heterocycles. The van der Waals surface area contributed by atoms with E-state index in [4.69, 9.17) is 5.11 Å². The van der Waals surface area contributed by atoms with Crippen molar-refractivity contribution in [3.8, 4) is 0 Å². The molecule has 1 rings (SSSR count). The Bertz CT molecular complexity index is 591. The van der Waals surface area contributed by atoms with Gasteiger partial charge in [-0.1, -0.05) is 90.4 Å². The lowest BCUT2D eigenvalue weighted by atomic mass is 10.0. The van der Waals surface area contributed by atoms with E-state index in [-0.39, 0.29) is 18.6 Å². The van der Waals surface area contributed by atoms with Crippen molar-refractivity contribution >= 4 is 11.7 Å². The SMILES string of the molecule is CCCCCCCCCCCCCCCCNc1ccc(C(=O)O)c(CC(O)CO)c1. The summed E-state index contributed by atoms with van der Waals surface area (Å²) in [4.78, 5) is 11.3. The van der Waals surface area contributed by atoms with Gasteiger partial charge in [0.05, 0.1) is 18.3 Å². The van der Waals surface area contributed by atoms with Gasteiger partial charge in [-0.25, -0.2) is 4.79 Å². The molecule has 0 fully saturated rings. The van der Waals surface area contributed by atoms with E-state index in [0.717, 1.165) is 18.7 Å². The number of carbonyl (C=O) groups is 1. The molecule has 1 aromatic rings. The highest BCUT2D eigenvalue weighted by Crippen LogP contribution is 2.19. The number of unbranched alkanes of at least 4 members (excludes halogenated alkanes) is 13. The molecule has 0 spiro atoms. The van der Waals surface area contributed by atoms with Gasteiger partial charge in [0, 0.05) is 18.7 Å². The molecule has 0 saturated carbocycles. The van der Waals surface area contributed by atoms with E-state index in [9.17, 15) is 15.0 Å². The topological polar surface area (TPSA) is 89.8 Å². The smallest absolute Gasteiger partial charge is 0.335 e. The summed E-state index contributed by atoms with van der Waals surface area (Å²) in [7, 11) is 0. The summed E-state index contributed by atoms with van der Waals surface area (Å²) in [5.41, 5.74) is 1.58. The lowest BCUT2D eigenvalue weighted by Gasteiger charge is -2.13. The molecule has 1 unspecified atom stereocenters. The fraction of sp³-hybridized carbons (Fsp3) is 0.731. The molecule has 5 heteroatoms. The van der Waals surface area contributed by atoms with Gasteiger partial charge in [-0.2, -0.15) is 0 Å². The molecular formula is C26H45NO4. The third-order valence-electron chi connectivity index (χ3n) is 5.86. The van der Waals surface area contributed by atoms with Gasteiger partial charge in [0.15, 0.2) is 0 Å². The normalized spacial score (nSPS) is 12.1. The average molecular weight is 436 g/mol. The largest absolute Gasteiger partial charge is 0.478 e. The third kappa shape index (κ3) is 13.4. The Kier molecular flexibility index (Phi) is 16.0. The summed E-state index contributed by atoms with van der Waals surface area (Å²) < 4.78 is 0. The van der Waals surface area contributed by atoms with Crippen LogP contribution in [0.5, 0.6) is 0 Å². The molecule has 0 heterocycles. The Hall–Kier alpha value is -1.59. The van der Waals surface area contributed by atoms with Crippen molar-refractivity contribution in [2.45, 2.75) is 109 Å². The van der Waals surface area contributed by atoms with E-state index in [2.05, 4.69) is 12.2 Å². The molecule has 0 aliphatic heterocycles. The van der Waals surface area contributed by atoms with Gasteiger partial charge in [0.25, 0.3) is 0 Å². The lowest BCUT2D eigenvalue weighted by molar-refractivity contribution is 0.0691. The summed E-state index contributed by atoms with van der Waals surface area (Å²) in [5, 5.41) is 31.3. The molecule has 4 N–H and O–H groups in total. The van der Waals surface area contributed by atoms with Crippen LogP contribution in [0.4, 0.5) is 5.69 Å². The van der Waals surface area contributed by atoms with Crippen LogP contribution in [0.1, 0.15) is 113 Å². The van der Waals surface area contributed by atoms with Crippen LogP contribution in [0.3, 0.4) is 0 Å². The number of benzene rings is 1. The minimum absolute atomic E-state index is 0.131. The van der Waals surface area contributed by atoms with Gasteiger partial charge in [-0.15, -0.1) is 0 Å². The van der Waals surface area contributed by atoms with E-state index >= 15 is 0 Å². The average Bonchev–Trinajstić information content (AvgIpc) is 2.76. The first-order chi connectivity index (χ1) is 15.1. The first kappa shape index (κ1) is 27.4. The van der Waals surface area contributed by atoms with Gasteiger partial charge in [0.1, 0.15) is 0 Å². The first-order valence-electron chi connectivity index (χ1n) is 12.5. The summed E-state index contributed by atoms with van der Waals surface area (Å²) >= 11 is 0. The zero-order valence-electron chi connectivity index (χ0n) is 19.6. The van der Waals surface area contributed by atoms with Crippen molar-refractivity contribution in [1.82, 2.24) is 0 Å². The minimum Gasteiger partial charge on any atom is -0.478 e. The summed E-state index contributed by atoms with van der Waals surface area (Å²) in [5.74, 6) is -1.02. The number of hydrogen-bond donors (Lipinski definition) is 4. The molecule has 178 valence electrons. The zero-order chi connectivity index (χ0) is 22.7. The maximum absolute atomic E-state index is 11.3. The van der Waals surface area contributed by atoms with Crippen molar-refractivity contribution in [1.29, 1.82) is 0 Å². The molecular weight excluding hydrogens is 390 g/mol. The quantitative estimate of drug-likeness (QED) is 0.184. The Morgan fingerprint density at radius 3 is 1.87 bits per heavy atom. The van der Waals surface area contributed by atoms with Crippen LogP contribution >= 0.6 is 0 Å². The van der Waals surface area contributed by atoms with Crippen molar-refractivity contribution in [2.24, 2.45) is 0 Å². The highest BCUT2D eigenvalue weighted by atomic mass is 16.4. The summed E-state index contributed by atoms with van der Waals surface area (Å²) in [6, 6.07) is 5.10. The van der Waals surface area contributed by atoms with Crippen LogP contribution in [-0.4, -0.2) is 40.5 Å². The molecule has 0 aliphatic rings. The molecule has 0 bridgehead atoms. The van der Waals surface area contributed by atoms with E-state index in [1.165, 1.54) is 83.5 Å². The number of aromatic carboxylic acids is 1. The van der Waals surface area contributed by atoms with Crippen molar-refractivity contribution in [3.05, 3.63) is 29.3 Å². The Morgan fingerprint density at radius 1 is 0.871 bits per heavy atom. The van der Waals surface area contributed by atoms with Crippen LogP contribution in [-0.2, 0) is 6.42 Å². The zero-order valence-corrected chi connectivity index (χ0v) is 19.6. The number of carboxylic acids is 1. The number of aliphatic hydroxyl groups excluding tert-OH is 2. The van der Waals surface area contributed by atoms with E-state index in [0.29, 0.717) is 5.56 Å². The molecule has 1 atom stereocenters. The fourth-order valence-electron chi connectivity index (χ4n) is 3.95. The van der Waals surface area contributed by atoms with Crippen LogP contribution in [0, 0.1) is 0 Å². The monoisotopic (exact) mass is 435 g/mol. The van der Waals surface area contributed by atoms with E-state index in [1.807, 2.05) is 0 Å². The standard InChI is InChI=1S/C26H45NO4/c1-2-3-4-5-6-7-8-9-10-11-12-13-14-15-18-27-23-16-17-25(26(30)31)22(19-23)20-24(29)21-28/h16-17,19,24,27-29H,2-15,18,20-21H2,1H3,(H,30,31). The maximum Gasteiger partial charge on any atom is 0.335 e. The molecule has 0 radical (unpaired) electrons. The highest BCUT2D eigenvalue weighted by Gasteiger charge is 2.14. The van der Waals surface area contributed by atoms with Crippen molar-refractivity contribution in [3.63, 3.8) is 0 Å². The lowest BCUT2D eigenvalue weighted by Crippen LogP contribution is -2.17. The molecule has 1 aromatic carbocycles.